The van der Waals surface area contributed by atoms with Gasteiger partial charge in [0, 0.05) is 11.0 Å². The zero-order valence-electron chi connectivity index (χ0n) is 16.7. The van der Waals surface area contributed by atoms with Gasteiger partial charge in [-0.15, -0.1) is 0 Å². The van der Waals surface area contributed by atoms with E-state index in [9.17, 15) is 15.3 Å². The highest BCUT2D eigenvalue weighted by Gasteiger charge is 2.72. The largest absolute Gasteiger partial charge is 0.472 e. The Balaban J connectivity index is 1.52. The van der Waals surface area contributed by atoms with Crippen molar-refractivity contribution in [2.75, 3.05) is 0 Å². The molecule has 1 aromatic heterocycles. The highest BCUT2D eigenvalue weighted by atomic mass is 16.3. The Morgan fingerprint density at radius 3 is 2.52 bits per heavy atom. The number of aliphatic hydroxyl groups is 3. The van der Waals surface area contributed by atoms with Crippen molar-refractivity contribution in [3.05, 3.63) is 24.2 Å². The Morgan fingerprint density at radius 2 is 1.78 bits per heavy atom. The van der Waals surface area contributed by atoms with Gasteiger partial charge in [0.2, 0.25) is 0 Å². The maximum absolute atomic E-state index is 12.1. The molecule has 0 bridgehead atoms. The molecule has 4 aliphatic rings. The molecule has 0 spiro atoms. The lowest BCUT2D eigenvalue weighted by Crippen LogP contribution is -2.64. The minimum atomic E-state index is -1.01. The maximum Gasteiger partial charge on any atom is 0.101 e. The van der Waals surface area contributed by atoms with Crippen LogP contribution in [0.2, 0.25) is 0 Å². The third-order valence-corrected chi connectivity index (χ3v) is 9.97. The highest BCUT2D eigenvalue weighted by molar-refractivity contribution is 5.30. The van der Waals surface area contributed by atoms with Crippen molar-refractivity contribution in [3.63, 3.8) is 0 Å². The van der Waals surface area contributed by atoms with Crippen molar-refractivity contribution < 1.29 is 19.7 Å². The molecule has 3 N–H and O–H groups in total. The number of aliphatic hydroxyl groups excluding tert-OH is 1. The van der Waals surface area contributed by atoms with Gasteiger partial charge in [-0.05, 0) is 87.0 Å². The van der Waals surface area contributed by atoms with E-state index in [1.807, 2.05) is 6.07 Å². The second kappa shape index (κ2) is 5.61. The van der Waals surface area contributed by atoms with Gasteiger partial charge >= 0.3 is 0 Å². The van der Waals surface area contributed by atoms with Gasteiger partial charge in [-0.3, -0.25) is 0 Å². The fourth-order valence-electron chi connectivity index (χ4n) is 8.18. The molecule has 0 amide bonds. The average molecular weight is 375 g/mol. The smallest absolute Gasteiger partial charge is 0.101 e. The Kier molecular flexibility index (Phi) is 3.78. The lowest BCUT2D eigenvalue weighted by molar-refractivity contribution is -0.238. The summed E-state index contributed by atoms with van der Waals surface area (Å²) in [5, 5.41) is 34.0. The first-order valence-electron chi connectivity index (χ1n) is 10.9. The summed E-state index contributed by atoms with van der Waals surface area (Å²) in [6.07, 6.45) is 11.3. The normalized spacial score (nSPS) is 54.9. The topological polar surface area (TPSA) is 73.8 Å². The van der Waals surface area contributed by atoms with Crippen molar-refractivity contribution in [1.82, 2.24) is 0 Å². The van der Waals surface area contributed by atoms with E-state index in [1.165, 1.54) is 0 Å². The molecular weight excluding hydrogens is 340 g/mol. The summed E-state index contributed by atoms with van der Waals surface area (Å²) in [4.78, 5) is 0. The Hall–Kier alpha value is -0.840. The first kappa shape index (κ1) is 18.2. The summed E-state index contributed by atoms with van der Waals surface area (Å²) in [6, 6.07) is 1.86. The average Bonchev–Trinajstić information content (AvgIpc) is 3.24. The SMILES string of the molecule is C[C@]12CC[C@H](O)C[C@@H]1CC[C@@H]1[C@@H]2CC[C@]2(C)[C@](O)(c3ccoc3)CC[C@]12O. The van der Waals surface area contributed by atoms with Crippen LogP contribution >= 0.6 is 0 Å². The third kappa shape index (κ3) is 2.10. The molecule has 150 valence electrons. The molecular formula is C23H34O4. The molecule has 27 heavy (non-hydrogen) atoms. The summed E-state index contributed by atoms with van der Waals surface area (Å²) in [7, 11) is 0. The van der Waals surface area contributed by atoms with Crippen molar-refractivity contribution in [3.8, 4) is 0 Å². The van der Waals surface area contributed by atoms with E-state index in [2.05, 4.69) is 13.8 Å². The van der Waals surface area contributed by atoms with Crippen LogP contribution in [0.1, 0.15) is 77.2 Å². The van der Waals surface area contributed by atoms with Gasteiger partial charge < -0.3 is 19.7 Å². The van der Waals surface area contributed by atoms with Crippen molar-refractivity contribution in [2.45, 2.75) is 88.9 Å². The van der Waals surface area contributed by atoms with Crippen molar-refractivity contribution >= 4 is 0 Å². The quantitative estimate of drug-likeness (QED) is 0.695. The highest BCUT2D eigenvalue weighted by Crippen LogP contribution is 2.71. The van der Waals surface area contributed by atoms with Gasteiger partial charge in [-0.2, -0.15) is 0 Å². The van der Waals surface area contributed by atoms with E-state index in [-0.39, 0.29) is 17.4 Å². The van der Waals surface area contributed by atoms with Crippen LogP contribution in [0.15, 0.2) is 23.0 Å². The number of fused-ring (bicyclic) bond motifs is 5. The molecule has 0 saturated heterocycles. The number of rotatable bonds is 1. The van der Waals surface area contributed by atoms with Crippen LogP contribution in [0.3, 0.4) is 0 Å². The van der Waals surface area contributed by atoms with Gasteiger partial charge in [0.25, 0.3) is 0 Å². The van der Waals surface area contributed by atoms with Crippen LogP contribution in [0, 0.1) is 28.6 Å². The molecule has 4 nitrogen and oxygen atoms in total. The third-order valence-electron chi connectivity index (χ3n) is 9.97. The van der Waals surface area contributed by atoms with Crippen LogP contribution < -0.4 is 0 Å². The predicted octanol–water partition coefficient (Wildman–Crippen LogP) is 3.99. The molecule has 0 aromatic carbocycles. The minimum Gasteiger partial charge on any atom is -0.472 e. The maximum atomic E-state index is 12.1. The molecule has 0 aliphatic heterocycles. The van der Waals surface area contributed by atoms with Gasteiger partial charge in [0.15, 0.2) is 0 Å². The molecule has 8 atom stereocenters. The van der Waals surface area contributed by atoms with Crippen molar-refractivity contribution in [2.24, 2.45) is 28.6 Å². The van der Waals surface area contributed by atoms with Gasteiger partial charge in [-0.25, -0.2) is 0 Å². The van der Waals surface area contributed by atoms with Gasteiger partial charge in [-0.1, -0.05) is 13.8 Å². The van der Waals surface area contributed by atoms with Crippen LogP contribution in [-0.4, -0.2) is 27.0 Å². The minimum absolute atomic E-state index is 0.144. The lowest BCUT2D eigenvalue weighted by Gasteiger charge is -2.64. The lowest BCUT2D eigenvalue weighted by atomic mass is 9.43. The van der Waals surface area contributed by atoms with Crippen molar-refractivity contribution in [1.29, 1.82) is 0 Å². The second-order valence-electron chi connectivity index (χ2n) is 10.6. The summed E-state index contributed by atoms with van der Waals surface area (Å²) in [6.45, 7) is 4.53. The first-order chi connectivity index (χ1) is 12.7. The predicted molar refractivity (Wildman–Crippen MR) is 102 cm³/mol. The summed E-state index contributed by atoms with van der Waals surface area (Å²) < 4.78 is 5.29. The number of hydrogen-bond acceptors (Lipinski definition) is 4. The van der Waals surface area contributed by atoms with E-state index >= 15 is 0 Å². The van der Waals surface area contributed by atoms with Crippen LogP contribution in [-0.2, 0) is 5.60 Å². The van der Waals surface area contributed by atoms with Crippen LogP contribution in [0.5, 0.6) is 0 Å². The van der Waals surface area contributed by atoms with E-state index in [4.69, 9.17) is 4.42 Å². The molecule has 5 rings (SSSR count). The second-order valence-corrected chi connectivity index (χ2v) is 10.6. The van der Waals surface area contributed by atoms with Gasteiger partial charge in [0.1, 0.15) is 5.60 Å². The van der Waals surface area contributed by atoms with Crippen LogP contribution in [0.25, 0.3) is 0 Å². The van der Waals surface area contributed by atoms with E-state index in [0.29, 0.717) is 24.7 Å². The Morgan fingerprint density at radius 1 is 0.963 bits per heavy atom. The summed E-state index contributed by atoms with van der Waals surface area (Å²) in [5.74, 6) is 1.31. The Labute approximate surface area is 162 Å². The number of furan rings is 1. The fraction of sp³-hybridized carbons (Fsp3) is 0.826. The fourth-order valence-corrected chi connectivity index (χ4v) is 8.18. The number of hydrogen-bond donors (Lipinski definition) is 3. The summed E-state index contributed by atoms with van der Waals surface area (Å²) >= 11 is 0. The molecule has 1 heterocycles. The first-order valence-corrected chi connectivity index (χ1v) is 10.9. The van der Waals surface area contributed by atoms with E-state index in [0.717, 1.165) is 50.5 Å². The monoisotopic (exact) mass is 374 g/mol. The molecule has 0 unspecified atom stereocenters. The molecule has 4 saturated carbocycles. The zero-order valence-corrected chi connectivity index (χ0v) is 16.7. The molecule has 4 aliphatic carbocycles. The van der Waals surface area contributed by atoms with E-state index in [1.54, 1.807) is 12.5 Å². The molecule has 1 aromatic rings. The van der Waals surface area contributed by atoms with E-state index < -0.39 is 16.6 Å². The Bertz CT molecular complexity index is 716. The standard InChI is InChI=1S/C23H34O4/c1-20-8-5-17(24)13-15(20)3-4-19-18(20)6-9-21(2)22(25,10-11-23(19,21)26)16-7-12-27-14-16/h7,12,14-15,17-19,24-26H,3-6,8-11,13H2,1-2H3/t15-,17-,18-,19+,20-,21+,22+,23-/m0/s1. The summed E-state index contributed by atoms with van der Waals surface area (Å²) in [5.41, 5.74) is -1.34. The van der Waals surface area contributed by atoms with Crippen LogP contribution in [0.4, 0.5) is 0 Å². The molecule has 0 radical (unpaired) electrons. The van der Waals surface area contributed by atoms with Gasteiger partial charge in [0.05, 0.1) is 24.2 Å². The molecule has 4 fully saturated rings. The zero-order chi connectivity index (χ0) is 19.1. The molecule has 4 heteroatoms.